The number of aliphatic carboxylic acids is 1. The van der Waals surface area contributed by atoms with Crippen LogP contribution in [0.2, 0.25) is 0 Å². The second-order valence-corrected chi connectivity index (χ2v) is 5.32. The van der Waals surface area contributed by atoms with Crippen LogP contribution in [-0.4, -0.2) is 17.0 Å². The maximum Gasteiger partial charge on any atom is 0.312 e. The maximum absolute atomic E-state index is 12.7. The van der Waals surface area contributed by atoms with Gasteiger partial charge in [-0.1, -0.05) is 42.5 Å². The van der Waals surface area contributed by atoms with Gasteiger partial charge in [-0.15, -0.1) is 0 Å². The number of fused-ring (bicyclic) bond motifs is 1. The van der Waals surface area contributed by atoms with E-state index in [9.17, 15) is 14.4 Å². The second-order valence-electron chi connectivity index (χ2n) is 5.32. The average Bonchev–Trinajstić information content (AvgIpc) is 2.63. The van der Waals surface area contributed by atoms with Gasteiger partial charge in [-0.2, -0.15) is 0 Å². The first-order chi connectivity index (χ1) is 12.1. The summed E-state index contributed by atoms with van der Waals surface area (Å²) in [5.41, 5.74) is 0.465. The van der Waals surface area contributed by atoms with E-state index in [-0.39, 0.29) is 29.7 Å². The van der Waals surface area contributed by atoms with Crippen LogP contribution < -0.4 is 10.2 Å². The van der Waals surface area contributed by atoms with Crippen LogP contribution in [-0.2, 0) is 9.59 Å². The first-order valence-corrected chi connectivity index (χ1v) is 7.60. The van der Waals surface area contributed by atoms with E-state index in [1.54, 1.807) is 54.6 Å². The molecule has 1 aromatic heterocycles. The Kier molecular flexibility index (Phi) is 4.61. The van der Waals surface area contributed by atoms with Gasteiger partial charge in [0.2, 0.25) is 11.2 Å². The molecule has 0 aliphatic carbocycles. The lowest BCUT2D eigenvalue weighted by Gasteiger charge is -2.10. The number of ether oxygens (including phenoxy) is 1. The Labute approximate surface area is 142 Å². The molecule has 126 valence electrons. The molecule has 0 bridgehead atoms. The summed E-state index contributed by atoms with van der Waals surface area (Å²) in [6.45, 7) is 0. The third-order valence-corrected chi connectivity index (χ3v) is 3.55. The number of benzene rings is 2. The molecule has 0 saturated heterocycles. The van der Waals surface area contributed by atoms with Crippen LogP contribution in [0.15, 0.2) is 63.8 Å². The Morgan fingerprint density at radius 2 is 1.64 bits per heavy atom. The van der Waals surface area contributed by atoms with Crippen LogP contribution in [0.1, 0.15) is 12.8 Å². The van der Waals surface area contributed by atoms with Crippen LogP contribution in [0.4, 0.5) is 0 Å². The lowest BCUT2D eigenvalue weighted by atomic mass is 10.1. The van der Waals surface area contributed by atoms with Gasteiger partial charge < -0.3 is 14.3 Å². The van der Waals surface area contributed by atoms with Crippen LogP contribution in [0.3, 0.4) is 0 Å². The summed E-state index contributed by atoms with van der Waals surface area (Å²) in [6.07, 6.45) is -0.714. The number of carbonyl (C=O) groups excluding carboxylic acids is 1. The molecule has 0 atom stereocenters. The number of hydrogen-bond acceptors (Lipinski definition) is 5. The van der Waals surface area contributed by atoms with E-state index in [0.29, 0.717) is 11.1 Å². The van der Waals surface area contributed by atoms with Crippen molar-refractivity contribution < 1.29 is 23.8 Å². The van der Waals surface area contributed by atoms with Gasteiger partial charge in [-0.25, -0.2) is 0 Å². The van der Waals surface area contributed by atoms with Crippen molar-refractivity contribution in [3.05, 3.63) is 64.8 Å². The van der Waals surface area contributed by atoms with Crippen molar-refractivity contribution in [2.75, 3.05) is 0 Å². The number of carboxylic acid groups (broad SMARTS) is 1. The summed E-state index contributed by atoms with van der Waals surface area (Å²) >= 11 is 0. The molecule has 0 amide bonds. The fourth-order valence-corrected chi connectivity index (χ4v) is 2.37. The van der Waals surface area contributed by atoms with Crippen LogP contribution in [0.25, 0.3) is 22.3 Å². The van der Waals surface area contributed by atoms with E-state index in [1.807, 2.05) is 0 Å². The molecular weight excluding hydrogens is 324 g/mol. The molecule has 0 unspecified atom stereocenters. The monoisotopic (exact) mass is 338 g/mol. The number of hydrogen-bond donors (Lipinski definition) is 1. The summed E-state index contributed by atoms with van der Waals surface area (Å²) in [5.74, 6) is -2.03. The summed E-state index contributed by atoms with van der Waals surface area (Å²) in [7, 11) is 0. The molecule has 0 radical (unpaired) electrons. The first-order valence-electron chi connectivity index (χ1n) is 7.60. The van der Waals surface area contributed by atoms with Crippen LogP contribution in [0, 0.1) is 0 Å². The minimum absolute atomic E-state index is 0.132. The van der Waals surface area contributed by atoms with Crippen molar-refractivity contribution in [1.82, 2.24) is 0 Å². The highest BCUT2D eigenvalue weighted by Crippen LogP contribution is 2.30. The van der Waals surface area contributed by atoms with Gasteiger partial charge in [-0.05, 0) is 12.1 Å². The van der Waals surface area contributed by atoms with Crippen LogP contribution >= 0.6 is 0 Å². The predicted octanol–water partition coefficient (Wildman–Crippen LogP) is 3.23. The standard InChI is InChI=1S/C19H14O6/c20-15(21)10-11-16(22)25-19-17(23)13-8-4-5-9-14(13)24-18(19)12-6-2-1-3-7-12/h1-9H,10-11H2,(H,20,21). The zero-order chi connectivity index (χ0) is 17.8. The van der Waals surface area contributed by atoms with E-state index < -0.39 is 17.4 Å². The molecule has 2 aromatic carbocycles. The van der Waals surface area contributed by atoms with E-state index >= 15 is 0 Å². The largest absolute Gasteiger partial charge is 0.481 e. The molecule has 6 heteroatoms. The zero-order valence-electron chi connectivity index (χ0n) is 13.1. The van der Waals surface area contributed by atoms with Crippen molar-refractivity contribution in [3.63, 3.8) is 0 Å². The fraction of sp³-hybridized carbons (Fsp3) is 0.105. The minimum Gasteiger partial charge on any atom is -0.481 e. The zero-order valence-corrected chi connectivity index (χ0v) is 13.1. The molecule has 6 nitrogen and oxygen atoms in total. The van der Waals surface area contributed by atoms with E-state index in [0.717, 1.165) is 0 Å². The third kappa shape index (κ3) is 3.58. The van der Waals surface area contributed by atoms with Crippen molar-refractivity contribution in [2.45, 2.75) is 12.8 Å². The average molecular weight is 338 g/mol. The van der Waals surface area contributed by atoms with Crippen molar-refractivity contribution in [1.29, 1.82) is 0 Å². The number of carbonyl (C=O) groups is 2. The molecule has 0 fully saturated rings. The van der Waals surface area contributed by atoms with Gasteiger partial charge in [-0.3, -0.25) is 14.4 Å². The Morgan fingerprint density at radius 3 is 2.36 bits per heavy atom. The highest BCUT2D eigenvalue weighted by Gasteiger charge is 2.20. The summed E-state index contributed by atoms with van der Waals surface area (Å²) in [5, 5.41) is 8.95. The number of carboxylic acids is 1. The predicted molar refractivity (Wildman–Crippen MR) is 90.4 cm³/mol. The van der Waals surface area contributed by atoms with E-state index in [1.165, 1.54) is 0 Å². The molecule has 25 heavy (non-hydrogen) atoms. The smallest absolute Gasteiger partial charge is 0.312 e. The topological polar surface area (TPSA) is 93.8 Å². The molecule has 3 rings (SSSR count). The normalized spacial score (nSPS) is 10.6. The Bertz CT molecular complexity index is 988. The van der Waals surface area contributed by atoms with Crippen molar-refractivity contribution in [3.8, 4) is 17.1 Å². The molecule has 3 aromatic rings. The van der Waals surface area contributed by atoms with Crippen molar-refractivity contribution in [2.24, 2.45) is 0 Å². The van der Waals surface area contributed by atoms with Gasteiger partial charge in [0.25, 0.3) is 0 Å². The Morgan fingerprint density at radius 1 is 0.960 bits per heavy atom. The highest BCUT2D eigenvalue weighted by molar-refractivity contribution is 5.85. The summed E-state index contributed by atoms with van der Waals surface area (Å²) in [4.78, 5) is 35.3. The number of rotatable bonds is 5. The van der Waals surface area contributed by atoms with Gasteiger partial charge >= 0.3 is 11.9 Å². The van der Waals surface area contributed by atoms with Gasteiger partial charge in [0, 0.05) is 5.56 Å². The third-order valence-electron chi connectivity index (χ3n) is 3.55. The summed E-state index contributed by atoms with van der Waals surface area (Å²) in [6, 6.07) is 15.4. The molecule has 0 spiro atoms. The lowest BCUT2D eigenvalue weighted by Crippen LogP contribution is -2.17. The molecule has 1 heterocycles. The lowest BCUT2D eigenvalue weighted by molar-refractivity contribution is -0.142. The van der Waals surface area contributed by atoms with Gasteiger partial charge in [0.05, 0.1) is 18.2 Å². The Balaban J connectivity index is 2.11. The molecule has 0 saturated carbocycles. The van der Waals surface area contributed by atoms with E-state index in [2.05, 4.69) is 0 Å². The maximum atomic E-state index is 12.7. The molecule has 0 aliphatic rings. The quantitative estimate of drug-likeness (QED) is 0.718. The summed E-state index contributed by atoms with van der Waals surface area (Å²) < 4.78 is 11.0. The highest BCUT2D eigenvalue weighted by atomic mass is 16.5. The first kappa shape index (κ1) is 16.4. The van der Waals surface area contributed by atoms with E-state index in [4.69, 9.17) is 14.3 Å². The fourth-order valence-electron chi connectivity index (χ4n) is 2.37. The van der Waals surface area contributed by atoms with Crippen LogP contribution in [0.5, 0.6) is 5.75 Å². The number of para-hydroxylation sites is 1. The second kappa shape index (κ2) is 7.00. The molecular formula is C19H14O6. The number of esters is 1. The molecule has 0 aliphatic heterocycles. The van der Waals surface area contributed by atoms with Gasteiger partial charge in [0.1, 0.15) is 5.58 Å². The SMILES string of the molecule is O=C(O)CCC(=O)Oc1c(-c2ccccc2)oc2ccccc2c1=O. The molecule has 1 N–H and O–H groups in total. The Hall–Kier alpha value is -3.41. The minimum atomic E-state index is -1.12. The van der Waals surface area contributed by atoms with Crippen molar-refractivity contribution >= 4 is 22.9 Å². The van der Waals surface area contributed by atoms with Gasteiger partial charge in [0.15, 0.2) is 5.76 Å².